The number of rotatable bonds is 9. The van der Waals surface area contributed by atoms with Crippen molar-refractivity contribution in [2.45, 2.75) is 62.8 Å². The van der Waals surface area contributed by atoms with Crippen LogP contribution in [0.25, 0.3) is 0 Å². The van der Waals surface area contributed by atoms with Gasteiger partial charge in [-0.15, -0.1) is 6.58 Å². The molecule has 3 rings (SSSR count). The molecule has 0 aromatic heterocycles. The number of carbonyl (C=O) groups is 3. The molecule has 1 amide bonds. The first-order valence-corrected chi connectivity index (χ1v) is 11.2. The average molecular weight is 494 g/mol. The van der Waals surface area contributed by atoms with Gasteiger partial charge in [0.15, 0.2) is 6.29 Å². The summed E-state index contributed by atoms with van der Waals surface area (Å²) < 4.78 is 33.7. The third-order valence-corrected chi connectivity index (χ3v) is 5.67. The van der Waals surface area contributed by atoms with E-state index < -0.39 is 60.4 Å². The molecule has 2 fully saturated rings. The zero-order chi connectivity index (χ0) is 25.6. The SMILES string of the molecule is C=CCO[C@]1(C(=O)OC)C[C@H](OC(C)=O)[C@@H](NC(C)=O)[C@H]([C@H](O)[C@H]2COC(c3ccccc3)O2)O1. The van der Waals surface area contributed by atoms with Crippen molar-refractivity contribution in [2.24, 2.45) is 0 Å². The normalized spacial score (nSPS) is 31.3. The molecule has 2 saturated heterocycles. The molecule has 11 nitrogen and oxygen atoms in total. The topological polar surface area (TPSA) is 139 Å². The molecule has 0 radical (unpaired) electrons. The van der Waals surface area contributed by atoms with Crippen molar-refractivity contribution in [2.75, 3.05) is 20.3 Å². The van der Waals surface area contributed by atoms with Crippen LogP contribution in [-0.4, -0.2) is 79.5 Å². The molecule has 7 atom stereocenters. The number of ether oxygens (including phenoxy) is 6. The molecule has 0 spiro atoms. The number of methoxy groups -OCH3 is 1. The van der Waals surface area contributed by atoms with E-state index in [1.807, 2.05) is 30.3 Å². The average Bonchev–Trinajstić information content (AvgIpc) is 3.33. The Balaban J connectivity index is 1.94. The maximum Gasteiger partial charge on any atom is 0.366 e. The zero-order valence-corrected chi connectivity index (χ0v) is 19.9. The van der Waals surface area contributed by atoms with Crippen LogP contribution in [0.3, 0.4) is 0 Å². The third-order valence-electron chi connectivity index (χ3n) is 5.67. The summed E-state index contributed by atoms with van der Waals surface area (Å²) in [5, 5.41) is 14.0. The molecule has 2 aliphatic heterocycles. The lowest BCUT2D eigenvalue weighted by molar-refractivity contribution is -0.310. The van der Waals surface area contributed by atoms with E-state index in [4.69, 9.17) is 28.4 Å². The fourth-order valence-electron chi connectivity index (χ4n) is 4.19. The van der Waals surface area contributed by atoms with Crippen LogP contribution in [0.5, 0.6) is 0 Å². The first-order chi connectivity index (χ1) is 16.7. The minimum atomic E-state index is -2.04. The summed E-state index contributed by atoms with van der Waals surface area (Å²) in [5.41, 5.74) is 0.751. The Bertz CT molecular complexity index is 909. The van der Waals surface area contributed by atoms with Gasteiger partial charge < -0.3 is 38.8 Å². The summed E-state index contributed by atoms with van der Waals surface area (Å²) in [4.78, 5) is 36.7. The Morgan fingerprint density at radius 3 is 2.60 bits per heavy atom. The van der Waals surface area contributed by atoms with Gasteiger partial charge in [-0.2, -0.15) is 0 Å². The highest BCUT2D eigenvalue weighted by Crippen LogP contribution is 2.38. The fraction of sp³-hybridized carbons (Fsp3) is 0.542. The van der Waals surface area contributed by atoms with Gasteiger partial charge in [-0.3, -0.25) is 9.59 Å². The van der Waals surface area contributed by atoms with Crippen LogP contribution in [0, 0.1) is 0 Å². The zero-order valence-electron chi connectivity index (χ0n) is 19.9. The van der Waals surface area contributed by atoms with Crippen LogP contribution in [0.15, 0.2) is 43.0 Å². The van der Waals surface area contributed by atoms with Crippen molar-refractivity contribution >= 4 is 17.8 Å². The van der Waals surface area contributed by atoms with Gasteiger partial charge in [-0.1, -0.05) is 36.4 Å². The molecule has 0 aliphatic carbocycles. The van der Waals surface area contributed by atoms with Gasteiger partial charge in [0, 0.05) is 19.4 Å². The second-order valence-corrected chi connectivity index (χ2v) is 8.25. The summed E-state index contributed by atoms with van der Waals surface area (Å²) in [6, 6.07) is 8.11. The van der Waals surface area contributed by atoms with E-state index in [2.05, 4.69) is 11.9 Å². The predicted molar refractivity (Wildman–Crippen MR) is 120 cm³/mol. The minimum Gasteiger partial charge on any atom is -0.465 e. The number of esters is 2. The Labute approximate surface area is 203 Å². The summed E-state index contributed by atoms with van der Waals surface area (Å²) in [6.45, 7) is 5.94. The van der Waals surface area contributed by atoms with Crippen LogP contribution in [0.2, 0.25) is 0 Å². The molecular weight excluding hydrogens is 462 g/mol. The molecule has 2 aliphatic rings. The lowest BCUT2D eigenvalue weighted by Gasteiger charge is -2.47. The van der Waals surface area contributed by atoms with E-state index in [1.165, 1.54) is 19.9 Å². The largest absolute Gasteiger partial charge is 0.465 e. The summed E-state index contributed by atoms with van der Waals surface area (Å²) in [7, 11) is 1.15. The number of aliphatic hydroxyl groups excluding tert-OH is 1. The number of amides is 1. The van der Waals surface area contributed by atoms with Gasteiger partial charge in [0.05, 0.1) is 32.8 Å². The van der Waals surface area contributed by atoms with Gasteiger partial charge in [0.2, 0.25) is 5.91 Å². The third kappa shape index (κ3) is 6.24. The van der Waals surface area contributed by atoms with Crippen molar-refractivity contribution in [1.82, 2.24) is 5.32 Å². The Kier molecular flexibility index (Phi) is 8.98. The molecule has 1 aromatic carbocycles. The van der Waals surface area contributed by atoms with Crippen LogP contribution >= 0.6 is 0 Å². The van der Waals surface area contributed by atoms with Gasteiger partial charge in [-0.25, -0.2) is 4.79 Å². The Hall–Kier alpha value is -2.83. The molecule has 11 heteroatoms. The van der Waals surface area contributed by atoms with Crippen molar-refractivity contribution in [1.29, 1.82) is 0 Å². The van der Waals surface area contributed by atoms with Gasteiger partial charge >= 0.3 is 11.9 Å². The molecule has 35 heavy (non-hydrogen) atoms. The maximum absolute atomic E-state index is 12.8. The lowest BCUT2D eigenvalue weighted by atomic mass is 9.88. The van der Waals surface area contributed by atoms with E-state index in [0.29, 0.717) is 0 Å². The number of aliphatic hydroxyl groups is 1. The number of hydrogen-bond donors (Lipinski definition) is 2. The quantitative estimate of drug-likeness (QED) is 0.374. The highest BCUT2D eigenvalue weighted by atomic mass is 16.7. The summed E-state index contributed by atoms with van der Waals surface area (Å²) >= 11 is 0. The van der Waals surface area contributed by atoms with Gasteiger partial charge in [-0.05, 0) is 0 Å². The molecule has 0 bridgehead atoms. The minimum absolute atomic E-state index is 0.00432. The van der Waals surface area contributed by atoms with Crippen molar-refractivity contribution in [3.05, 3.63) is 48.6 Å². The number of nitrogens with one attached hydrogen (secondary N) is 1. The smallest absolute Gasteiger partial charge is 0.366 e. The second-order valence-electron chi connectivity index (χ2n) is 8.25. The molecular formula is C24H31NO10. The number of benzene rings is 1. The Morgan fingerprint density at radius 1 is 1.29 bits per heavy atom. The van der Waals surface area contributed by atoms with Crippen molar-refractivity contribution in [3.63, 3.8) is 0 Å². The monoisotopic (exact) mass is 493 g/mol. The lowest BCUT2D eigenvalue weighted by Crippen LogP contribution is -2.68. The van der Waals surface area contributed by atoms with Crippen molar-refractivity contribution in [3.8, 4) is 0 Å². The highest BCUT2D eigenvalue weighted by Gasteiger charge is 2.58. The Morgan fingerprint density at radius 2 is 2.00 bits per heavy atom. The standard InChI is InChI=1S/C24H31NO10/c1-5-11-32-24(23(29)30-4)12-17(33-15(3)27)19(25-14(2)26)21(35-24)20(28)18-13-31-22(34-18)16-9-7-6-8-10-16/h5-10,17-22,28H,1,11-13H2,2-4H3,(H,25,26)/t17-,18+,19+,20+,21+,22?,24+/m0/s1. The molecule has 1 unspecified atom stereocenters. The predicted octanol–water partition coefficient (Wildman–Crippen LogP) is 0.759. The molecule has 0 saturated carbocycles. The molecule has 2 heterocycles. The maximum atomic E-state index is 12.8. The van der Waals surface area contributed by atoms with E-state index in [1.54, 1.807) is 0 Å². The first kappa shape index (κ1) is 26.8. The van der Waals surface area contributed by atoms with E-state index in [0.717, 1.165) is 12.7 Å². The van der Waals surface area contributed by atoms with E-state index in [-0.39, 0.29) is 19.6 Å². The van der Waals surface area contributed by atoms with Crippen LogP contribution in [0.4, 0.5) is 0 Å². The summed E-state index contributed by atoms with van der Waals surface area (Å²) in [6.07, 6.45) is -4.34. The van der Waals surface area contributed by atoms with Crippen LogP contribution < -0.4 is 5.32 Å². The number of hydrogen-bond acceptors (Lipinski definition) is 10. The molecule has 192 valence electrons. The number of carbonyl (C=O) groups excluding carboxylic acids is 3. The summed E-state index contributed by atoms with van der Waals surface area (Å²) in [5.74, 6) is -4.06. The molecule has 1 aromatic rings. The fourth-order valence-corrected chi connectivity index (χ4v) is 4.19. The van der Waals surface area contributed by atoms with Gasteiger partial charge in [0.1, 0.15) is 24.4 Å². The van der Waals surface area contributed by atoms with Crippen molar-refractivity contribution < 1.29 is 47.9 Å². The highest BCUT2D eigenvalue weighted by molar-refractivity contribution is 5.78. The van der Waals surface area contributed by atoms with Crippen LogP contribution in [0.1, 0.15) is 32.1 Å². The van der Waals surface area contributed by atoms with E-state index in [9.17, 15) is 19.5 Å². The first-order valence-electron chi connectivity index (χ1n) is 11.2. The second kappa shape index (κ2) is 11.7. The van der Waals surface area contributed by atoms with Crippen LogP contribution in [-0.2, 0) is 42.8 Å². The van der Waals surface area contributed by atoms with E-state index >= 15 is 0 Å². The van der Waals surface area contributed by atoms with Gasteiger partial charge in [0.25, 0.3) is 5.79 Å². The molecule has 2 N–H and O–H groups in total.